The van der Waals surface area contributed by atoms with Gasteiger partial charge in [0.2, 0.25) is 0 Å². The Morgan fingerprint density at radius 1 is 1.17 bits per heavy atom. The zero-order valence-corrected chi connectivity index (χ0v) is 13.6. The Morgan fingerprint density at radius 2 is 2.04 bits per heavy atom. The second kappa shape index (κ2) is 5.30. The van der Waals surface area contributed by atoms with Gasteiger partial charge in [0.25, 0.3) is 0 Å². The Morgan fingerprint density at radius 3 is 2.92 bits per heavy atom. The van der Waals surface area contributed by atoms with E-state index in [1.165, 1.54) is 0 Å². The van der Waals surface area contributed by atoms with Crippen LogP contribution in [0, 0.1) is 5.41 Å². The van der Waals surface area contributed by atoms with Crippen LogP contribution in [0.2, 0.25) is 0 Å². The van der Waals surface area contributed by atoms with Gasteiger partial charge in [-0.2, -0.15) is 0 Å². The SMILES string of the molecule is OC(c1ccccc1)C1c2ncccc2OC2CCN3CCC21C3. The maximum absolute atomic E-state index is 11.3. The van der Waals surface area contributed by atoms with Crippen molar-refractivity contribution in [3.63, 3.8) is 0 Å². The molecular weight excluding hydrogens is 300 g/mol. The van der Waals surface area contributed by atoms with Crippen molar-refractivity contribution >= 4 is 0 Å². The number of aliphatic hydroxyl groups is 1. The van der Waals surface area contributed by atoms with Crippen LogP contribution in [0.25, 0.3) is 0 Å². The fraction of sp³-hybridized carbons (Fsp3) is 0.450. The predicted octanol–water partition coefficient (Wildman–Crippen LogP) is 2.76. The quantitative estimate of drug-likeness (QED) is 0.923. The Kier molecular flexibility index (Phi) is 3.19. The van der Waals surface area contributed by atoms with Crippen molar-refractivity contribution in [3.05, 3.63) is 59.9 Å². The molecule has 4 nitrogen and oxygen atoms in total. The molecule has 2 fully saturated rings. The van der Waals surface area contributed by atoms with Crippen molar-refractivity contribution in [3.8, 4) is 5.75 Å². The van der Waals surface area contributed by atoms with E-state index in [2.05, 4.69) is 9.88 Å². The summed E-state index contributed by atoms with van der Waals surface area (Å²) in [6.45, 7) is 3.19. The lowest BCUT2D eigenvalue weighted by molar-refractivity contribution is -0.0597. The van der Waals surface area contributed by atoms with Crippen LogP contribution in [0.5, 0.6) is 5.75 Å². The van der Waals surface area contributed by atoms with Crippen LogP contribution in [-0.4, -0.2) is 40.7 Å². The summed E-state index contributed by atoms with van der Waals surface area (Å²) in [5.74, 6) is 0.841. The number of ether oxygens (including phenoxy) is 1. The molecule has 24 heavy (non-hydrogen) atoms. The molecule has 0 amide bonds. The first-order valence-corrected chi connectivity index (χ1v) is 8.85. The second-order valence-electron chi connectivity index (χ2n) is 7.37. The van der Waals surface area contributed by atoms with Gasteiger partial charge in [-0.3, -0.25) is 4.98 Å². The molecule has 3 aliphatic rings. The first-order chi connectivity index (χ1) is 11.8. The van der Waals surface area contributed by atoms with Crippen molar-refractivity contribution in [2.75, 3.05) is 19.6 Å². The summed E-state index contributed by atoms with van der Waals surface area (Å²) in [7, 11) is 0. The van der Waals surface area contributed by atoms with Crippen molar-refractivity contribution in [2.24, 2.45) is 5.41 Å². The minimum Gasteiger partial charge on any atom is -0.488 e. The van der Waals surface area contributed by atoms with Crippen LogP contribution in [0.1, 0.15) is 36.1 Å². The van der Waals surface area contributed by atoms with E-state index in [9.17, 15) is 5.11 Å². The summed E-state index contributed by atoms with van der Waals surface area (Å²) in [5, 5.41) is 11.3. The lowest BCUT2D eigenvalue weighted by Crippen LogP contribution is -2.54. The van der Waals surface area contributed by atoms with E-state index in [0.29, 0.717) is 0 Å². The highest BCUT2D eigenvalue weighted by Crippen LogP contribution is 2.58. The molecular formula is C20H22N2O2. The van der Waals surface area contributed by atoms with E-state index in [0.717, 1.165) is 49.5 Å². The monoisotopic (exact) mass is 322 g/mol. The van der Waals surface area contributed by atoms with Gasteiger partial charge < -0.3 is 14.7 Å². The number of fused-ring (bicyclic) bond motifs is 2. The Bertz CT molecular complexity index is 750. The van der Waals surface area contributed by atoms with Crippen molar-refractivity contribution in [1.29, 1.82) is 0 Å². The van der Waals surface area contributed by atoms with Gasteiger partial charge in [0.05, 0.1) is 11.8 Å². The van der Waals surface area contributed by atoms with Gasteiger partial charge in [-0.05, 0) is 37.1 Å². The van der Waals surface area contributed by atoms with Crippen LogP contribution in [-0.2, 0) is 0 Å². The highest BCUT2D eigenvalue weighted by molar-refractivity contribution is 5.39. The van der Waals surface area contributed by atoms with E-state index in [4.69, 9.17) is 4.74 Å². The lowest BCUT2D eigenvalue weighted by Gasteiger charge is -2.51. The van der Waals surface area contributed by atoms with Crippen LogP contribution in [0.4, 0.5) is 0 Å². The van der Waals surface area contributed by atoms with Crippen LogP contribution in [0.3, 0.4) is 0 Å². The number of piperidine rings is 1. The topological polar surface area (TPSA) is 45.6 Å². The van der Waals surface area contributed by atoms with Crippen molar-refractivity contribution in [2.45, 2.75) is 31.0 Å². The molecule has 0 radical (unpaired) electrons. The molecule has 124 valence electrons. The molecule has 1 N–H and O–H groups in total. The fourth-order valence-corrected chi connectivity index (χ4v) is 5.08. The van der Waals surface area contributed by atoms with E-state index < -0.39 is 6.10 Å². The van der Waals surface area contributed by atoms with Crippen LogP contribution >= 0.6 is 0 Å². The number of pyridine rings is 1. The molecule has 1 aromatic carbocycles. The predicted molar refractivity (Wildman–Crippen MR) is 90.9 cm³/mol. The number of hydrogen-bond donors (Lipinski definition) is 1. The molecule has 5 unspecified atom stereocenters. The summed E-state index contributed by atoms with van der Waals surface area (Å²) in [6, 6.07) is 13.9. The first-order valence-electron chi connectivity index (χ1n) is 8.85. The van der Waals surface area contributed by atoms with Gasteiger partial charge >= 0.3 is 0 Å². The molecule has 4 heteroatoms. The third-order valence-electron chi connectivity index (χ3n) is 6.20. The average molecular weight is 322 g/mol. The van der Waals surface area contributed by atoms with Crippen LogP contribution < -0.4 is 4.74 Å². The molecule has 2 aromatic rings. The Labute approximate surface area is 142 Å². The minimum absolute atomic E-state index is 0.0138. The molecule has 0 aliphatic carbocycles. The number of nitrogens with zero attached hydrogens (tertiary/aromatic N) is 2. The molecule has 4 heterocycles. The summed E-state index contributed by atoms with van der Waals surface area (Å²) >= 11 is 0. The zero-order chi connectivity index (χ0) is 16.1. The van der Waals surface area contributed by atoms with E-state index in [-0.39, 0.29) is 17.4 Å². The average Bonchev–Trinajstić information content (AvgIpc) is 2.97. The van der Waals surface area contributed by atoms with Gasteiger partial charge in [0, 0.05) is 30.6 Å². The summed E-state index contributed by atoms with van der Waals surface area (Å²) in [6.07, 6.45) is 3.55. The van der Waals surface area contributed by atoms with Gasteiger partial charge in [0.15, 0.2) is 0 Å². The lowest BCUT2D eigenvalue weighted by atomic mass is 9.62. The van der Waals surface area contributed by atoms with Crippen molar-refractivity contribution in [1.82, 2.24) is 9.88 Å². The molecule has 1 aromatic heterocycles. The van der Waals surface area contributed by atoms with Crippen molar-refractivity contribution < 1.29 is 9.84 Å². The molecule has 5 atom stereocenters. The van der Waals surface area contributed by atoms with E-state index >= 15 is 0 Å². The zero-order valence-electron chi connectivity index (χ0n) is 13.6. The third kappa shape index (κ3) is 1.96. The Hall–Kier alpha value is -1.91. The number of hydrogen-bond acceptors (Lipinski definition) is 4. The normalized spacial score (nSPS) is 34.8. The van der Waals surface area contributed by atoms with E-state index in [1.807, 2.05) is 48.7 Å². The van der Waals surface area contributed by atoms with Gasteiger partial charge in [0.1, 0.15) is 11.9 Å². The maximum atomic E-state index is 11.3. The number of aliphatic hydroxyl groups excluding tert-OH is 1. The summed E-state index contributed by atoms with van der Waals surface area (Å²) in [4.78, 5) is 7.16. The number of aromatic nitrogens is 1. The molecule has 5 rings (SSSR count). The standard InChI is InChI=1S/C20H22N2O2/c23-19(14-5-2-1-3-6-14)17-18-15(7-4-10-21-18)24-16-8-11-22-12-9-20(16,17)13-22/h1-7,10,16-17,19,23H,8-9,11-13H2. The molecule has 0 saturated carbocycles. The molecule has 2 bridgehead atoms. The van der Waals surface area contributed by atoms with E-state index in [1.54, 1.807) is 0 Å². The minimum atomic E-state index is -0.552. The smallest absolute Gasteiger partial charge is 0.141 e. The maximum Gasteiger partial charge on any atom is 0.141 e. The second-order valence-corrected chi connectivity index (χ2v) is 7.37. The molecule has 1 spiro atoms. The highest BCUT2D eigenvalue weighted by Gasteiger charge is 2.59. The van der Waals surface area contributed by atoms with Gasteiger partial charge in [-0.15, -0.1) is 0 Å². The molecule has 3 aliphatic heterocycles. The van der Waals surface area contributed by atoms with Crippen LogP contribution in [0.15, 0.2) is 48.7 Å². The number of rotatable bonds is 2. The largest absolute Gasteiger partial charge is 0.488 e. The van der Waals surface area contributed by atoms with Gasteiger partial charge in [-0.25, -0.2) is 0 Å². The highest BCUT2D eigenvalue weighted by atomic mass is 16.5. The Balaban J connectivity index is 1.66. The fourth-order valence-electron chi connectivity index (χ4n) is 5.08. The number of benzene rings is 1. The third-order valence-corrected chi connectivity index (χ3v) is 6.20. The summed E-state index contributed by atoms with van der Waals surface area (Å²) in [5.41, 5.74) is 1.86. The van der Waals surface area contributed by atoms with Gasteiger partial charge in [-0.1, -0.05) is 30.3 Å². The first kappa shape index (κ1) is 14.4. The summed E-state index contributed by atoms with van der Waals surface area (Å²) < 4.78 is 6.37. The molecule has 2 saturated heterocycles.